The Kier molecular flexibility index (Phi) is 7.09. The molecular weight excluding hydrogens is 422 g/mol. The van der Waals surface area contributed by atoms with E-state index in [0.717, 1.165) is 32.0 Å². The Morgan fingerprint density at radius 2 is 1.88 bits per heavy atom. The summed E-state index contributed by atoms with van der Waals surface area (Å²) in [5.41, 5.74) is 1.65. The summed E-state index contributed by atoms with van der Waals surface area (Å²) >= 11 is 0. The molecule has 2 amide bonds. The zero-order chi connectivity index (χ0) is 23.2. The molecule has 9 heteroatoms. The number of esters is 1. The van der Waals surface area contributed by atoms with Crippen LogP contribution < -0.4 is 20.3 Å². The van der Waals surface area contributed by atoms with E-state index in [9.17, 15) is 9.59 Å². The first kappa shape index (κ1) is 22.6. The summed E-state index contributed by atoms with van der Waals surface area (Å²) in [5.74, 6) is 1.09. The van der Waals surface area contributed by atoms with Gasteiger partial charge in [0.2, 0.25) is 0 Å². The topological polar surface area (TPSA) is 96.0 Å². The number of anilines is 1. The van der Waals surface area contributed by atoms with Crippen LogP contribution in [0.3, 0.4) is 0 Å². The lowest BCUT2D eigenvalue weighted by molar-refractivity contribution is -0.136. The second kappa shape index (κ2) is 10.4. The van der Waals surface area contributed by atoms with Crippen LogP contribution in [-0.2, 0) is 9.53 Å². The van der Waals surface area contributed by atoms with Crippen molar-refractivity contribution in [2.75, 3.05) is 51.3 Å². The number of ether oxygens (including phenoxy) is 2. The molecule has 3 heterocycles. The SMILES string of the molecule is CCOc1ccccc1[C@H]1NC(=O)NC(CN2CCN(c3ccccn3)CC2)=C1C(=O)OC. The van der Waals surface area contributed by atoms with Crippen LogP contribution in [0.1, 0.15) is 18.5 Å². The summed E-state index contributed by atoms with van der Waals surface area (Å²) in [5, 5.41) is 5.71. The highest BCUT2D eigenvalue weighted by molar-refractivity contribution is 5.95. The molecule has 1 fully saturated rings. The maximum atomic E-state index is 12.9. The number of piperazine rings is 1. The molecule has 0 aliphatic carbocycles. The van der Waals surface area contributed by atoms with Crippen LogP contribution in [0.2, 0.25) is 0 Å². The van der Waals surface area contributed by atoms with Crippen LogP contribution in [0.4, 0.5) is 10.6 Å². The number of pyridine rings is 1. The minimum Gasteiger partial charge on any atom is -0.494 e. The van der Waals surface area contributed by atoms with Crippen molar-refractivity contribution in [1.29, 1.82) is 0 Å². The quantitative estimate of drug-likeness (QED) is 0.623. The number of benzene rings is 1. The molecule has 174 valence electrons. The Morgan fingerprint density at radius 1 is 1.12 bits per heavy atom. The second-order valence-corrected chi connectivity index (χ2v) is 7.84. The van der Waals surface area contributed by atoms with Crippen LogP contribution >= 0.6 is 0 Å². The van der Waals surface area contributed by atoms with Crippen LogP contribution in [0.15, 0.2) is 59.9 Å². The molecule has 2 aromatic rings. The van der Waals surface area contributed by atoms with Crippen LogP contribution in [0, 0.1) is 0 Å². The number of carbonyl (C=O) groups is 2. The van der Waals surface area contributed by atoms with Crippen LogP contribution in [0.5, 0.6) is 5.75 Å². The van der Waals surface area contributed by atoms with E-state index in [4.69, 9.17) is 9.47 Å². The van der Waals surface area contributed by atoms with Gasteiger partial charge in [-0.2, -0.15) is 0 Å². The molecule has 1 aromatic heterocycles. The molecule has 0 spiro atoms. The van der Waals surface area contributed by atoms with Gasteiger partial charge in [0, 0.05) is 50.2 Å². The van der Waals surface area contributed by atoms with Gasteiger partial charge in [-0.05, 0) is 25.1 Å². The van der Waals surface area contributed by atoms with E-state index in [1.807, 2.05) is 49.4 Å². The average Bonchev–Trinajstić information content (AvgIpc) is 2.85. The van der Waals surface area contributed by atoms with Gasteiger partial charge >= 0.3 is 12.0 Å². The number of methoxy groups -OCH3 is 1. The predicted octanol–water partition coefficient (Wildman–Crippen LogP) is 2.08. The van der Waals surface area contributed by atoms with E-state index in [1.165, 1.54) is 7.11 Å². The van der Waals surface area contributed by atoms with Gasteiger partial charge in [-0.1, -0.05) is 24.3 Å². The number of amides is 2. The normalized spacial score (nSPS) is 19.0. The minimum atomic E-state index is -0.668. The van der Waals surface area contributed by atoms with E-state index in [1.54, 1.807) is 6.20 Å². The highest BCUT2D eigenvalue weighted by atomic mass is 16.5. The van der Waals surface area contributed by atoms with Gasteiger partial charge in [0.1, 0.15) is 11.6 Å². The summed E-state index contributed by atoms with van der Waals surface area (Å²) in [6, 6.07) is 12.3. The largest absolute Gasteiger partial charge is 0.494 e. The van der Waals surface area contributed by atoms with E-state index < -0.39 is 12.0 Å². The van der Waals surface area contributed by atoms with Gasteiger partial charge in [-0.3, -0.25) is 4.90 Å². The number of aromatic nitrogens is 1. The van der Waals surface area contributed by atoms with E-state index in [0.29, 0.717) is 35.7 Å². The maximum absolute atomic E-state index is 12.9. The second-order valence-electron chi connectivity index (χ2n) is 7.84. The molecule has 4 rings (SSSR count). The fraction of sp³-hybridized carbons (Fsp3) is 0.375. The molecule has 0 saturated carbocycles. The number of hydrogen-bond donors (Lipinski definition) is 2. The number of urea groups is 1. The van der Waals surface area contributed by atoms with Crippen molar-refractivity contribution < 1.29 is 19.1 Å². The fourth-order valence-electron chi connectivity index (χ4n) is 4.23. The highest BCUT2D eigenvalue weighted by Crippen LogP contribution is 2.34. The van der Waals surface area contributed by atoms with Gasteiger partial charge in [0.05, 0.1) is 25.3 Å². The van der Waals surface area contributed by atoms with Crippen LogP contribution in [0.25, 0.3) is 0 Å². The first-order valence-electron chi connectivity index (χ1n) is 11.1. The molecule has 2 aliphatic heterocycles. The molecule has 0 radical (unpaired) electrons. The predicted molar refractivity (Wildman–Crippen MR) is 124 cm³/mol. The molecule has 33 heavy (non-hydrogen) atoms. The van der Waals surface area contributed by atoms with Gasteiger partial charge in [-0.25, -0.2) is 14.6 Å². The number of nitrogens with one attached hydrogen (secondary N) is 2. The van der Waals surface area contributed by atoms with Gasteiger partial charge < -0.3 is 25.0 Å². The Hall–Kier alpha value is -3.59. The molecule has 2 N–H and O–H groups in total. The first-order chi connectivity index (χ1) is 16.1. The van der Waals surface area contributed by atoms with Crippen molar-refractivity contribution in [2.24, 2.45) is 0 Å². The highest BCUT2D eigenvalue weighted by Gasteiger charge is 2.35. The zero-order valence-corrected chi connectivity index (χ0v) is 18.9. The van der Waals surface area contributed by atoms with E-state index in [2.05, 4.69) is 25.4 Å². The van der Waals surface area contributed by atoms with Crippen molar-refractivity contribution in [1.82, 2.24) is 20.5 Å². The lowest BCUT2D eigenvalue weighted by Gasteiger charge is -2.37. The smallest absolute Gasteiger partial charge is 0.338 e. The summed E-state index contributed by atoms with van der Waals surface area (Å²) in [4.78, 5) is 34.3. The first-order valence-corrected chi connectivity index (χ1v) is 11.1. The van der Waals surface area contributed by atoms with Crippen molar-refractivity contribution in [3.05, 3.63) is 65.5 Å². The lowest BCUT2D eigenvalue weighted by Crippen LogP contribution is -2.52. The standard InChI is InChI=1S/C24H29N5O4/c1-3-33-19-9-5-4-8-17(19)22-21(23(30)32-2)18(26-24(31)27-22)16-28-12-14-29(15-13-28)20-10-6-7-11-25-20/h4-11,22H,3,12-16H2,1-2H3,(H2,26,27,31)/t22-/m1/s1. The van der Waals surface area contributed by atoms with Gasteiger partial charge in [-0.15, -0.1) is 0 Å². The monoisotopic (exact) mass is 451 g/mol. The Morgan fingerprint density at radius 3 is 2.58 bits per heavy atom. The number of para-hydroxylation sites is 1. The summed E-state index contributed by atoms with van der Waals surface area (Å²) in [6.07, 6.45) is 1.79. The Balaban J connectivity index is 1.58. The lowest BCUT2D eigenvalue weighted by atomic mass is 9.94. The summed E-state index contributed by atoms with van der Waals surface area (Å²) in [7, 11) is 1.35. The molecule has 1 saturated heterocycles. The molecule has 0 bridgehead atoms. The van der Waals surface area contributed by atoms with Gasteiger partial charge in [0.15, 0.2) is 0 Å². The molecule has 9 nitrogen and oxygen atoms in total. The molecule has 0 unspecified atom stereocenters. The van der Waals surface area contributed by atoms with Crippen molar-refractivity contribution in [3.8, 4) is 5.75 Å². The third-order valence-corrected chi connectivity index (χ3v) is 5.82. The maximum Gasteiger partial charge on any atom is 0.338 e. The molecule has 2 aliphatic rings. The minimum absolute atomic E-state index is 0.360. The van der Waals surface area contributed by atoms with Crippen LogP contribution in [-0.4, -0.2) is 68.3 Å². The number of hydrogen-bond acceptors (Lipinski definition) is 7. The van der Waals surface area contributed by atoms with Gasteiger partial charge in [0.25, 0.3) is 0 Å². The molecule has 1 aromatic carbocycles. The third-order valence-electron chi connectivity index (χ3n) is 5.82. The zero-order valence-electron chi connectivity index (χ0n) is 18.9. The fourth-order valence-corrected chi connectivity index (χ4v) is 4.23. The average molecular weight is 452 g/mol. The Labute approximate surface area is 193 Å². The number of rotatable bonds is 7. The van der Waals surface area contributed by atoms with Crippen molar-refractivity contribution in [3.63, 3.8) is 0 Å². The number of carbonyl (C=O) groups excluding carboxylic acids is 2. The summed E-state index contributed by atoms with van der Waals surface area (Å²) < 4.78 is 10.9. The van der Waals surface area contributed by atoms with E-state index in [-0.39, 0.29) is 6.03 Å². The molecule has 1 atom stereocenters. The Bertz CT molecular complexity index is 1020. The number of nitrogens with zero attached hydrogens (tertiary/aromatic N) is 3. The summed E-state index contributed by atoms with van der Waals surface area (Å²) in [6.45, 7) is 5.96. The van der Waals surface area contributed by atoms with Crippen molar-refractivity contribution in [2.45, 2.75) is 13.0 Å². The van der Waals surface area contributed by atoms with E-state index >= 15 is 0 Å². The third kappa shape index (κ3) is 5.09. The molecular formula is C24H29N5O4. The van der Waals surface area contributed by atoms with Crippen molar-refractivity contribution >= 4 is 17.8 Å².